The van der Waals surface area contributed by atoms with Crippen molar-refractivity contribution < 1.29 is 14.8 Å². The van der Waals surface area contributed by atoms with Crippen LogP contribution in [0.25, 0.3) is 0 Å². The number of nitro benzene ring substituents is 1. The molecule has 2 amide bonds. The molecule has 7 nitrogen and oxygen atoms in total. The highest BCUT2D eigenvalue weighted by Crippen LogP contribution is 2.23. The number of rotatable bonds is 6. The van der Waals surface area contributed by atoms with E-state index in [0.29, 0.717) is 11.1 Å². The van der Waals surface area contributed by atoms with Crippen molar-refractivity contribution >= 4 is 11.7 Å². The molecule has 22 heavy (non-hydrogen) atoms. The molecular formula is C15H23N3O4. The van der Waals surface area contributed by atoms with Crippen LogP contribution in [0.1, 0.15) is 37.9 Å². The number of amides is 2. The third-order valence-corrected chi connectivity index (χ3v) is 3.78. The molecule has 0 fully saturated rings. The molecule has 1 aromatic rings. The Balaban J connectivity index is 2.73. The largest absolute Gasteiger partial charge is 0.396 e. The number of benzene rings is 1. The van der Waals surface area contributed by atoms with Crippen LogP contribution in [-0.4, -0.2) is 28.7 Å². The first-order valence-electron chi connectivity index (χ1n) is 7.19. The lowest BCUT2D eigenvalue weighted by atomic mass is 10.0. The number of urea groups is 1. The van der Waals surface area contributed by atoms with Crippen molar-refractivity contribution in [3.63, 3.8) is 0 Å². The topological polar surface area (TPSA) is 104 Å². The Morgan fingerprint density at radius 1 is 1.32 bits per heavy atom. The van der Waals surface area contributed by atoms with E-state index in [1.54, 1.807) is 26.0 Å². The van der Waals surface area contributed by atoms with E-state index in [0.717, 1.165) is 0 Å². The zero-order chi connectivity index (χ0) is 16.9. The fourth-order valence-electron chi connectivity index (χ4n) is 1.92. The van der Waals surface area contributed by atoms with Gasteiger partial charge in [0.25, 0.3) is 5.69 Å². The van der Waals surface area contributed by atoms with E-state index in [4.69, 9.17) is 5.11 Å². The van der Waals surface area contributed by atoms with Gasteiger partial charge in [0.05, 0.1) is 11.0 Å². The first kappa shape index (κ1) is 17.9. The molecule has 0 aromatic heterocycles. The number of aryl methyl sites for hydroxylation is 1. The minimum atomic E-state index is -0.434. The molecular weight excluding hydrogens is 286 g/mol. The molecule has 0 aliphatic rings. The van der Waals surface area contributed by atoms with Gasteiger partial charge in [-0.15, -0.1) is 0 Å². The van der Waals surface area contributed by atoms with Crippen LogP contribution in [0.3, 0.4) is 0 Å². The Hall–Kier alpha value is -2.15. The summed E-state index contributed by atoms with van der Waals surface area (Å²) in [5.41, 5.74) is 1.28. The van der Waals surface area contributed by atoms with Crippen molar-refractivity contribution in [1.29, 1.82) is 0 Å². The summed E-state index contributed by atoms with van der Waals surface area (Å²) in [4.78, 5) is 22.4. The third kappa shape index (κ3) is 4.70. The Morgan fingerprint density at radius 3 is 2.50 bits per heavy atom. The number of hydrogen-bond acceptors (Lipinski definition) is 4. The zero-order valence-corrected chi connectivity index (χ0v) is 13.3. The summed E-state index contributed by atoms with van der Waals surface area (Å²) in [7, 11) is 0. The number of nitrogens with one attached hydrogen (secondary N) is 2. The lowest BCUT2D eigenvalue weighted by Crippen LogP contribution is -2.44. The second kappa shape index (κ2) is 7.74. The average molecular weight is 309 g/mol. The number of carbonyl (C=O) groups is 1. The van der Waals surface area contributed by atoms with Crippen LogP contribution in [0.2, 0.25) is 0 Å². The molecule has 0 bridgehead atoms. The molecule has 7 heteroatoms. The minimum Gasteiger partial charge on any atom is -0.396 e. The first-order valence-corrected chi connectivity index (χ1v) is 7.19. The highest BCUT2D eigenvalue weighted by Gasteiger charge is 2.18. The summed E-state index contributed by atoms with van der Waals surface area (Å²) in [5.74, 6) is -0.0541. The first-order chi connectivity index (χ1) is 10.3. The molecule has 0 radical (unpaired) electrons. The summed E-state index contributed by atoms with van der Waals surface area (Å²) in [6, 6.07) is 3.98. The van der Waals surface area contributed by atoms with Gasteiger partial charge in [0.2, 0.25) is 0 Å². The molecule has 0 aliphatic carbocycles. The normalized spacial score (nSPS) is 14.8. The lowest BCUT2D eigenvalue weighted by Gasteiger charge is -2.21. The molecule has 3 unspecified atom stereocenters. The Morgan fingerprint density at radius 2 is 1.95 bits per heavy atom. The van der Waals surface area contributed by atoms with Crippen LogP contribution in [0.15, 0.2) is 18.2 Å². The van der Waals surface area contributed by atoms with Crippen molar-refractivity contribution in [2.45, 2.75) is 39.8 Å². The van der Waals surface area contributed by atoms with Gasteiger partial charge in [-0.05, 0) is 32.3 Å². The maximum Gasteiger partial charge on any atom is 0.315 e. The molecule has 0 saturated carbocycles. The molecule has 3 N–H and O–H groups in total. The summed E-state index contributed by atoms with van der Waals surface area (Å²) >= 11 is 0. The quantitative estimate of drug-likeness (QED) is 0.554. The van der Waals surface area contributed by atoms with Gasteiger partial charge in [0.15, 0.2) is 0 Å². The van der Waals surface area contributed by atoms with Gasteiger partial charge < -0.3 is 15.7 Å². The minimum absolute atomic E-state index is 0.0127. The van der Waals surface area contributed by atoms with E-state index in [-0.39, 0.29) is 36.3 Å². The molecule has 1 aromatic carbocycles. The zero-order valence-electron chi connectivity index (χ0n) is 13.3. The Bertz CT molecular complexity index is 548. The van der Waals surface area contributed by atoms with Gasteiger partial charge in [-0.25, -0.2) is 4.79 Å². The lowest BCUT2D eigenvalue weighted by molar-refractivity contribution is -0.385. The summed E-state index contributed by atoms with van der Waals surface area (Å²) in [6.07, 6.45) is 0. The summed E-state index contributed by atoms with van der Waals surface area (Å²) in [5, 5.41) is 25.5. The highest BCUT2D eigenvalue weighted by molar-refractivity contribution is 5.74. The maximum absolute atomic E-state index is 11.9. The average Bonchev–Trinajstić information content (AvgIpc) is 2.45. The molecule has 0 aliphatic heterocycles. The van der Waals surface area contributed by atoms with E-state index in [9.17, 15) is 14.9 Å². The fraction of sp³-hybridized carbons (Fsp3) is 0.533. The number of nitro groups is 1. The van der Waals surface area contributed by atoms with Crippen LogP contribution in [0.5, 0.6) is 0 Å². The van der Waals surface area contributed by atoms with Crippen molar-refractivity contribution in [2.75, 3.05) is 6.61 Å². The standard InChI is InChI=1S/C15H23N3O4/c1-9-5-6-13(7-14(9)18(21)22)12(4)17-15(20)16-11(3)10(2)8-19/h5-7,10-12,19H,8H2,1-4H3,(H2,16,17,20). The van der Waals surface area contributed by atoms with Crippen LogP contribution < -0.4 is 10.6 Å². The van der Waals surface area contributed by atoms with Gasteiger partial charge in [-0.2, -0.15) is 0 Å². The SMILES string of the molecule is Cc1ccc(C(C)NC(=O)NC(C)C(C)CO)cc1[N+](=O)[O-]. The van der Waals surface area contributed by atoms with E-state index < -0.39 is 4.92 Å². The molecule has 0 saturated heterocycles. The van der Waals surface area contributed by atoms with E-state index >= 15 is 0 Å². The third-order valence-electron chi connectivity index (χ3n) is 3.78. The van der Waals surface area contributed by atoms with Crippen LogP contribution >= 0.6 is 0 Å². The molecule has 1 rings (SSSR count). The van der Waals surface area contributed by atoms with Crippen LogP contribution in [-0.2, 0) is 0 Å². The summed E-state index contributed by atoms with van der Waals surface area (Å²) in [6.45, 7) is 7.06. The van der Waals surface area contributed by atoms with Crippen molar-refractivity contribution in [3.8, 4) is 0 Å². The number of nitrogens with zero attached hydrogens (tertiary/aromatic N) is 1. The molecule has 0 heterocycles. The monoisotopic (exact) mass is 309 g/mol. The summed E-state index contributed by atoms with van der Waals surface area (Å²) < 4.78 is 0. The molecule has 3 atom stereocenters. The van der Waals surface area contributed by atoms with E-state index in [1.807, 2.05) is 13.8 Å². The van der Waals surface area contributed by atoms with Crippen molar-refractivity contribution in [1.82, 2.24) is 10.6 Å². The Labute approximate surface area is 129 Å². The van der Waals surface area contributed by atoms with Gasteiger partial charge in [0, 0.05) is 24.3 Å². The predicted molar refractivity (Wildman–Crippen MR) is 83.6 cm³/mol. The van der Waals surface area contributed by atoms with Crippen molar-refractivity contribution in [3.05, 3.63) is 39.4 Å². The second-order valence-corrected chi connectivity index (χ2v) is 5.59. The van der Waals surface area contributed by atoms with Gasteiger partial charge in [-0.1, -0.05) is 19.1 Å². The highest BCUT2D eigenvalue weighted by atomic mass is 16.6. The predicted octanol–water partition coefficient (Wildman–Crippen LogP) is 2.28. The molecule has 122 valence electrons. The van der Waals surface area contributed by atoms with Gasteiger partial charge >= 0.3 is 6.03 Å². The molecule has 0 spiro atoms. The van der Waals surface area contributed by atoms with E-state index in [2.05, 4.69) is 10.6 Å². The van der Waals surface area contributed by atoms with Crippen LogP contribution in [0, 0.1) is 23.0 Å². The van der Waals surface area contributed by atoms with Crippen LogP contribution in [0.4, 0.5) is 10.5 Å². The smallest absolute Gasteiger partial charge is 0.315 e. The number of aliphatic hydroxyl groups excluding tert-OH is 1. The number of aliphatic hydroxyl groups is 1. The van der Waals surface area contributed by atoms with Crippen molar-refractivity contribution in [2.24, 2.45) is 5.92 Å². The fourth-order valence-corrected chi connectivity index (χ4v) is 1.92. The second-order valence-electron chi connectivity index (χ2n) is 5.59. The Kier molecular flexibility index (Phi) is 6.30. The van der Waals surface area contributed by atoms with E-state index in [1.165, 1.54) is 6.07 Å². The van der Waals surface area contributed by atoms with Gasteiger partial charge in [-0.3, -0.25) is 10.1 Å². The number of carbonyl (C=O) groups excluding carboxylic acids is 1. The maximum atomic E-state index is 11.9. The number of hydrogen-bond donors (Lipinski definition) is 3. The van der Waals surface area contributed by atoms with Gasteiger partial charge in [0.1, 0.15) is 0 Å².